The largest absolute Gasteiger partial charge is 0.375 e. The van der Waals surface area contributed by atoms with Crippen molar-refractivity contribution in [3.05, 3.63) is 17.8 Å². The minimum atomic E-state index is -0.157. The molecule has 1 aliphatic rings. The van der Waals surface area contributed by atoms with Crippen LogP contribution in [0.25, 0.3) is 0 Å². The smallest absolute Gasteiger partial charge is 0.323 e. The van der Waals surface area contributed by atoms with Crippen LogP contribution in [0.1, 0.15) is 40.3 Å². The van der Waals surface area contributed by atoms with Gasteiger partial charge in [-0.2, -0.15) is 5.10 Å². The van der Waals surface area contributed by atoms with Gasteiger partial charge in [-0.1, -0.05) is 20.8 Å². The molecule has 1 N–H and O–H groups in total. The van der Waals surface area contributed by atoms with E-state index in [-0.39, 0.29) is 23.6 Å². The Morgan fingerprint density at radius 2 is 2.05 bits per heavy atom. The lowest BCUT2D eigenvalue weighted by Crippen LogP contribution is -2.52. The second-order valence-electron chi connectivity index (χ2n) is 6.49. The van der Waals surface area contributed by atoms with E-state index in [0.29, 0.717) is 19.0 Å². The maximum Gasteiger partial charge on any atom is 0.323 e. The molecule has 0 spiro atoms. The summed E-state index contributed by atoms with van der Waals surface area (Å²) in [6, 6.07) is 3.57. The van der Waals surface area contributed by atoms with Gasteiger partial charge in [0.15, 0.2) is 5.82 Å². The summed E-state index contributed by atoms with van der Waals surface area (Å²) in [6.45, 7) is 11.3. The van der Waals surface area contributed by atoms with Crippen molar-refractivity contribution >= 4 is 11.8 Å². The number of nitrogens with one attached hydrogen (secondary N) is 1. The van der Waals surface area contributed by atoms with Crippen LogP contribution in [0, 0.1) is 0 Å². The molecule has 1 fully saturated rings. The Morgan fingerprint density at radius 3 is 2.62 bits per heavy atom. The summed E-state index contributed by atoms with van der Waals surface area (Å²) < 4.78 is 5.52. The van der Waals surface area contributed by atoms with Crippen LogP contribution in [0.3, 0.4) is 0 Å². The number of amides is 2. The molecule has 0 unspecified atom stereocenters. The third-order valence-corrected chi connectivity index (χ3v) is 3.81. The highest BCUT2D eigenvalue weighted by Crippen LogP contribution is 2.20. The van der Waals surface area contributed by atoms with Gasteiger partial charge in [-0.25, -0.2) is 4.79 Å². The Labute approximate surface area is 125 Å². The predicted molar refractivity (Wildman–Crippen MR) is 81.3 cm³/mol. The molecule has 6 heteroatoms. The highest BCUT2D eigenvalue weighted by Gasteiger charge is 2.29. The Hall–Kier alpha value is -1.69. The first kappa shape index (κ1) is 15.7. The van der Waals surface area contributed by atoms with E-state index < -0.39 is 0 Å². The Kier molecular flexibility index (Phi) is 4.46. The van der Waals surface area contributed by atoms with Gasteiger partial charge in [0.1, 0.15) is 0 Å². The van der Waals surface area contributed by atoms with E-state index in [9.17, 15) is 4.79 Å². The molecule has 2 rings (SSSR count). The van der Waals surface area contributed by atoms with Crippen LogP contribution >= 0.6 is 0 Å². The predicted octanol–water partition coefficient (Wildman–Crippen LogP) is 2.42. The molecule has 0 bridgehead atoms. The van der Waals surface area contributed by atoms with Gasteiger partial charge in [-0.3, -0.25) is 5.32 Å². The van der Waals surface area contributed by atoms with E-state index in [2.05, 4.69) is 36.3 Å². The lowest BCUT2D eigenvalue weighted by atomic mass is 9.92. The molecular formula is C15H24N4O2. The van der Waals surface area contributed by atoms with E-state index >= 15 is 0 Å². The Bertz CT molecular complexity index is 495. The number of nitrogens with zero attached hydrogens (tertiary/aromatic N) is 3. The van der Waals surface area contributed by atoms with Crippen LogP contribution in [-0.2, 0) is 10.2 Å². The molecule has 0 radical (unpaired) electrons. The number of urea groups is 1. The molecule has 1 aliphatic heterocycles. The molecule has 0 saturated carbocycles. The summed E-state index contributed by atoms with van der Waals surface area (Å²) in [7, 11) is 0. The van der Waals surface area contributed by atoms with E-state index in [1.165, 1.54) is 0 Å². The summed E-state index contributed by atoms with van der Waals surface area (Å²) in [5, 5.41) is 11.1. The number of rotatable bonds is 1. The molecule has 1 aromatic rings. The minimum Gasteiger partial charge on any atom is -0.375 e. The summed E-state index contributed by atoms with van der Waals surface area (Å²) >= 11 is 0. The molecule has 1 saturated heterocycles. The maximum absolute atomic E-state index is 12.3. The number of carbonyl (C=O) groups is 1. The van der Waals surface area contributed by atoms with Crippen molar-refractivity contribution in [2.45, 2.75) is 52.2 Å². The molecule has 116 valence electrons. The monoisotopic (exact) mass is 292 g/mol. The number of hydrogen-bond acceptors (Lipinski definition) is 4. The van der Waals surface area contributed by atoms with Gasteiger partial charge >= 0.3 is 6.03 Å². The zero-order chi connectivity index (χ0) is 15.6. The highest BCUT2D eigenvalue weighted by atomic mass is 16.5. The van der Waals surface area contributed by atoms with Gasteiger partial charge in [0.2, 0.25) is 0 Å². The average Bonchev–Trinajstić information content (AvgIpc) is 2.41. The van der Waals surface area contributed by atoms with Crippen molar-refractivity contribution in [2.24, 2.45) is 0 Å². The lowest BCUT2D eigenvalue weighted by Gasteiger charge is -2.37. The second-order valence-corrected chi connectivity index (χ2v) is 6.49. The van der Waals surface area contributed by atoms with Gasteiger partial charge < -0.3 is 9.64 Å². The van der Waals surface area contributed by atoms with Crippen molar-refractivity contribution in [3.63, 3.8) is 0 Å². The number of carbonyl (C=O) groups excluding carboxylic acids is 1. The van der Waals surface area contributed by atoms with Crippen molar-refractivity contribution in [1.82, 2.24) is 15.1 Å². The summed E-state index contributed by atoms with van der Waals surface area (Å²) in [5.41, 5.74) is 0.845. The minimum absolute atomic E-state index is 0.0406. The SMILES string of the molecule is C[C@H]1OCCN(C(=O)Nc2ccc(C(C)(C)C)nn2)[C@H]1C. The van der Waals surface area contributed by atoms with E-state index in [0.717, 1.165) is 5.69 Å². The van der Waals surface area contributed by atoms with E-state index in [4.69, 9.17) is 4.74 Å². The molecule has 1 aromatic heterocycles. The van der Waals surface area contributed by atoms with Crippen LogP contribution in [-0.4, -0.2) is 46.4 Å². The molecule has 0 aliphatic carbocycles. The fraction of sp³-hybridized carbons (Fsp3) is 0.667. The van der Waals surface area contributed by atoms with Crippen LogP contribution in [0.2, 0.25) is 0 Å². The molecular weight excluding hydrogens is 268 g/mol. The molecule has 2 heterocycles. The van der Waals surface area contributed by atoms with Crippen LogP contribution in [0.4, 0.5) is 10.6 Å². The number of ether oxygens (including phenoxy) is 1. The van der Waals surface area contributed by atoms with Crippen LogP contribution < -0.4 is 5.32 Å². The number of anilines is 1. The zero-order valence-electron chi connectivity index (χ0n) is 13.4. The van der Waals surface area contributed by atoms with Gasteiger partial charge in [-0.05, 0) is 26.0 Å². The first-order chi connectivity index (χ1) is 9.79. The van der Waals surface area contributed by atoms with Crippen molar-refractivity contribution < 1.29 is 9.53 Å². The fourth-order valence-corrected chi connectivity index (χ4v) is 2.20. The standard InChI is InChI=1S/C15H24N4O2/c1-10-11(2)21-9-8-19(10)14(20)16-13-7-6-12(17-18-13)15(3,4)5/h6-7,10-11H,8-9H2,1-5H3,(H,16,18,20)/t10-,11+/m0/s1. The van der Waals surface area contributed by atoms with Crippen molar-refractivity contribution in [2.75, 3.05) is 18.5 Å². The second kappa shape index (κ2) is 5.97. The zero-order valence-corrected chi connectivity index (χ0v) is 13.4. The van der Waals surface area contributed by atoms with Crippen molar-refractivity contribution in [1.29, 1.82) is 0 Å². The van der Waals surface area contributed by atoms with Gasteiger partial charge in [-0.15, -0.1) is 5.10 Å². The number of morpholine rings is 1. The normalized spacial score (nSPS) is 23.0. The first-order valence-electron chi connectivity index (χ1n) is 7.32. The molecule has 2 amide bonds. The molecule has 21 heavy (non-hydrogen) atoms. The fourth-order valence-electron chi connectivity index (χ4n) is 2.20. The Balaban J connectivity index is 2.02. The first-order valence-corrected chi connectivity index (χ1v) is 7.32. The molecule has 0 aromatic carbocycles. The molecule has 6 nitrogen and oxygen atoms in total. The third-order valence-electron chi connectivity index (χ3n) is 3.81. The van der Waals surface area contributed by atoms with Crippen molar-refractivity contribution in [3.8, 4) is 0 Å². The maximum atomic E-state index is 12.3. The average molecular weight is 292 g/mol. The van der Waals surface area contributed by atoms with Crippen LogP contribution in [0.15, 0.2) is 12.1 Å². The topological polar surface area (TPSA) is 67.3 Å². The van der Waals surface area contributed by atoms with Gasteiger partial charge in [0.05, 0.1) is 24.4 Å². The third kappa shape index (κ3) is 3.69. The van der Waals surface area contributed by atoms with E-state index in [1.54, 1.807) is 11.0 Å². The van der Waals surface area contributed by atoms with Crippen LogP contribution in [0.5, 0.6) is 0 Å². The molecule has 2 atom stereocenters. The number of hydrogen-bond donors (Lipinski definition) is 1. The van der Waals surface area contributed by atoms with Gasteiger partial charge in [0, 0.05) is 12.0 Å². The summed E-state index contributed by atoms with van der Waals surface area (Å²) in [6.07, 6.45) is 0.0406. The lowest BCUT2D eigenvalue weighted by molar-refractivity contribution is -0.0355. The van der Waals surface area contributed by atoms with Gasteiger partial charge in [0.25, 0.3) is 0 Å². The van der Waals surface area contributed by atoms with E-state index in [1.807, 2.05) is 19.9 Å². The quantitative estimate of drug-likeness (QED) is 0.863. The number of aromatic nitrogens is 2. The Morgan fingerprint density at radius 1 is 1.33 bits per heavy atom. The summed E-state index contributed by atoms with van der Waals surface area (Å²) in [5.74, 6) is 0.472. The highest BCUT2D eigenvalue weighted by molar-refractivity contribution is 5.88. The summed E-state index contributed by atoms with van der Waals surface area (Å²) in [4.78, 5) is 14.1.